The van der Waals surface area contributed by atoms with E-state index in [4.69, 9.17) is 0 Å². The number of hydrogen-bond donors (Lipinski definition) is 1. The van der Waals surface area contributed by atoms with Crippen molar-refractivity contribution in [3.8, 4) is 0 Å². The number of H-pyrrole nitrogens is 1. The van der Waals surface area contributed by atoms with E-state index in [1.54, 1.807) is 6.33 Å². The average molecular weight is 383 g/mol. The van der Waals surface area contributed by atoms with Gasteiger partial charge in [-0.15, -0.1) is 0 Å². The molecule has 4 aromatic rings. The minimum absolute atomic E-state index is 0.972. The van der Waals surface area contributed by atoms with Crippen LogP contribution in [-0.4, -0.2) is 52.6 Å². The summed E-state index contributed by atoms with van der Waals surface area (Å²) >= 11 is 0. The number of benzene rings is 2. The number of nitrogens with zero attached hydrogens (tertiary/aromatic N) is 4. The standard InChI is InChI=1S/C24H25N5/c1-18-9-10-20-21(16-18)27-23-22(20)25-17-26-24(23)29-14-12-28(13-15-29)11-5-8-19-6-3-2-4-7-19/h2-10,16-17,27H,11-15H2,1H3. The lowest BCUT2D eigenvalue weighted by Crippen LogP contribution is -2.46. The topological polar surface area (TPSA) is 48.1 Å². The lowest BCUT2D eigenvalue weighted by Gasteiger charge is -2.34. The third-order valence-corrected chi connectivity index (χ3v) is 5.66. The van der Waals surface area contributed by atoms with Gasteiger partial charge in [0.1, 0.15) is 17.4 Å². The molecule has 5 heteroatoms. The first-order chi connectivity index (χ1) is 14.3. The third-order valence-electron chi connectivity index (χ3n) is 5.66. The fourth-order valence-electron chi connectivity index (χ4n) is 4.08. The summed E-state index contributed by atoms with van der Waals surface area (Å²) in [7, 11) is 0. The fraction of sp³-hybridized carbons (Fsp3) is 0.250. The molecule has 3 heterocycles. The molecule has 1 aliphatic rings. The fourth-order valence-corrected chi connectivity index (χ4v) is 4.08. The van der Waals surface area contributed by atoms with Crippen LogP contribution in [0.2, 0.25) is 0 Å². The van der Waals surface area contributed by atoms with Gasteiger partial charge in [0.2, 0.25) is 0 Å². The Balaban J connectivity index is 1.30. The van der Waals surface area contributed by atoms with E-state index in [1.807, 2.05) is 0 Å². The number of aryl methyl sites for hydroxylation is 1. The minimum Gasteiger partial charge on any atom is -0.352 e. The number of aromatic nitrogens is 3. The average Bonchev–Trinajstić information content (AvgIpc) is 3.12. The van der Waals surface area contributed by atoms with Crippen molar-refractivity contribution in [1.82, 2.24) is 19.9 Å². The molecule has 0 bridgehead atoms. The van der Waals surface area contributed by atoms with Crippen molar-refractivity contribution in [2.24, 2.45) is 0 Å². The molecule has 2 aromatic heterocycles. The summed E-state index contributed by atoms with van der Waals surface area (Å²) < 4.78 is 0. The van der Waals surface area contributed by atoms with Crippen LogP contribution < -0.4 is 4.90 Å². The summed E-state index contributed by atoms with van der Waals surface area (Å²) in [5.41, 5.74) is 5.69. The highest BCUT2D eigenvalue weighted by Gasteiger charge is 2.20. The number of hydrogen-bond acceptors (Lipinski definition) is 4. The van der Waals surface area contributed by atoms with Gasteiger partial charge >= 0.3 is 0 Å². The van der Waals surface area contributed by atoms with Crippen LogP contribution in [0.4, 0.5) is 5.82 Å². The molecule has 0 atom stereocenters. The number of fused-ring (bicyclic) bond motifs is 3. The van der Waals surface area contributed by atoms with Crippen molar-refractivity contribution >= 4 is 33.8 Å². The van der Waals surface area contributed by atoms with Crippen LogP contribution in [0.25, 0.3) is 28.0 Å². The zero-order valence-electron chi connectivity index (χ0n) is 16.7. The molecule has 29 heavy (non-hydrogen) atoms. The molecule has 146 valence electrons. The largest absolute Gasteiger partial charge is 0.352 e. The zero-order chi connectivity index (χ0) is 19.6. The Morgan fingerprint density at radius 3 is 2.66 bits per heavy atom. The van der Waals surface area contributed by atoms with Crippen LogP contribution in [0.5, 0.6) is 0 Å². The molecule has 0 radical (unpaired) electrons. The van der Waals surface area contributed by atoms with Gasteiger partial charge in [-0.1, -0.05) is 54.6 Å². The maximum atomic E-state index is 4.63. The van der Waals surface area contributed by atoms with Crippen molar-refractivity contribution in [1.29, 1.82) is 0 Å². The van der Waals surface area contributed by atoms with E-state index in [2.05, 4.69) is 92.4 Å². The van der Waals surface area contributed by atoms with Crippen molar-refractivity contribution in [2.75, 3.05) is 37.6 Å². The maximum absolute atomic E-state index is 4.63. The van der Waals surface area contributed by atoms with E-state index in [0.29, 0.717) is 0 Å². The van der Waals surface area contributed by atoms with E-state index in [1.165, 1.54) is 16.5 Å². The molecule has 1 aliphatic heterocycles. The second-order valence-corrected chi connectivity index (χ2v) is 7.70. The molecule has 2 aromatic carbocycles. The molecule has 0 saturated carbocycles. The summed E-state index contributed by atoms with van der Waals surface area (Å²) in [5, 5.41) is 1.17. The number of anilines is 1. The number of piperazine rings is 1. The molecule has 5 rings (SSSR count). The van der Waals surface area contributed by atoms with Crippen LogP contribution >= 0.6 is 0 Å². The number of rotatable bonds is 4. The van der Waals surface area contributed by atoms with E-state index >= 15 is 0 Å². The monoisotopic (exact) mass is 383 g/mol. The van der Waals surface area contributed by atoms with Gasteiger partial charge in [-0.3, -0.25) is 4.90 Å². The quantitative estimate of drug-likeness (QED) is 0.572. The summed E-state index contributed by atoms with van der Waals surface area (Å²) in [6.07, 6.45) is 6.15. The summed E-state index contributed by atoms with van der Waals surface area (Å²) in [6.45, 7) is 7.10. The summed E-state index contributed by atoms with van der Waals surface area (Å²) in [6, 6.07) is 16.9. The third kappa shape index (κ3) is 3.61. The molecular weight excluding hydrogens is 358 g/mol. The van der Waals surface area contributed by atoms with Crippen molar-refractivity contribution in [3.63, 3.8) is 0 Å². The molecule has 0 amide bonds. The second-order valence-electron chi connectivity index (χ2n) is 7.70. The lowest BCUT2D eigenvalue weighted by atomic mass is 10.2. The highest BCUT2D eigenvalue weighted by Crippen LogP contribution is 2.30. The highest BCUT2D eigenvalue weighted by molar-refractivity contribution is 6.08. The van der Waals surface area contributed by atoms with E-state index in [9.17, 15) is 0 Å². The molecule has 1 saturated heterocycles. The van der Waals surface area contributed by atoms with Crippen LogP contribution in [-0.2, 0) is 0 Å². The lowest BCUT2D eigenvalue weighted by molar-refractivity contribution is 0.284. The summed E-state index contributed by atoms with van der Waals surface area (Å²) in [4.78, 5) is 17.6. The van der Waals surface area contributed by atoms with Crippen LogP contribution in [0, 0.1) is 6.92 Å². The van der Waals surface area contributed by atoms with Crippen LogP contribution in [0.15, 0.2) is 60.9 Å². The molecule has 1 fully saturated rings. The van der Waals surface area contributed by atoms with Gasteiger partial charge in [0, 0.05) is 43.6 Å². The van der Waals surface area contributed by atoms with E-state index < -0.39 is 0 Å². The van der Waals surface area contributed by atoms with Crippen LogP contribution in [0.3, 0.4) is 0 Å². The second kappa shape index (κ2) is 7.68. The zero-order valence-corrected chi connectivity index (χ0v) is 16.7. The molecule has 0 aliphatic carbocycles. The molecule has 0 spiro atoms. The normalized spacial score (nSPS) is 15.7. The minimum atomic E-state index is 0.972. The van der Waals surface area contributed by atoms with E-state index in [-0.39, 0.29) is 0 Å². The molecule has 5 nitrogen and oxygen atoms in total. The number of nitrogens with one attached hydrogen (secondary N) is 1. The van der Waals surface area contributed by atoms with Gasteiger partial charge in [0.05, 0.1) is 0 Å². The van der Waals surface area contributed by atoms with Crippen molar-refractivity contribution < 1.29 is 0 Å². The van der Waals surface area contributed by atoms with Gasteiger partial charge < -0.3 is 9.88 Å². The molecule has 1 N–H and O–H groups in total. The first-order valence-corrected chi connectivity index (χ1v) is 10.2. The van der Waals surface area contributed by atoms with Gasteiger partial charge in [0.25, 0.3) is 0 Å². The van der Waals surface area contributed by atoms with Gasteiger partial charge in [-0.25, -0.2) is 9.97 Å². The first kappa shape index (κ1) is 17.9. The Labute approximate surface area is 170 Å². The molecule has 0 unspecified atom stereocenters. The Kier molecular flexibility index (Phi) is 4.74. The molecular formula is C24H25N5. The van der Waals surface area contributed by atoms with Crippen molar-refractivity contribution in [3.05, 3.63) is 72.1 Å². The van der Waals surface area contributed by atoms with Gasteiger partial charge in [-0.2, -0.15) is 0 Å². The number of aromatic amines is 1. The van der Waals surface area contributed by atoms with E-state index in [0.717, 1.165) is 55.1 Å². The van der Waals surface area contributed by atoms with Crippen LogP contribution in [0.1, 0.15) is 11.1 Å². The Morgan fingerprint density at radius 1 is 1.00 bits per heavy atom. The first-order valence-electron chi connectivity index (χ1n) is 10.2. The summed E-state index contributed by atoms with van der Waals surface area (Å²) in [5.74, 6) is 1.02. The highest BCUT2D eigenvalue weighted by atomic mass is 15.3. The predicted molar refractivity (Wildman–Crippen MR) is 120 cm³/mol. The Hall–Kier alpha value is -3.18. The SMILES string of the molecule is Cc1ccc2c(c1)[nH]c1c(N3CCN(CC=Cc4ccccc4)CC3)ncnc12. The smallest absolute Gasteiger partial charge is 0.156 e. The van der Waals surface area contributed by atoms with Crippen molar-refractivity contribution in [2.45, 2.75) is 6.92 Å². The predicted octanol–water partition coefficient (Wildman–Crippen LogP) is 4.25. The van der Waals surface area contributed by atoms with Gasteiger partial charge in [-0.05, 0) is 24.1 Å². The maximum Gasteiger partial charge on any atom is 0.156 e. The Bertz CT molecular complexity index is 1150. The Morgan fingerprint density at radius 2 is 1.83 bits per heavy atom. The van der Waals surface area contributed by atoms with Gasteiger partial charge in [0.15, 0.2) is 5.82 Å².